The fraction of sp³-hybridized carbons (Fsp3) is 0.385. The maximum Gasteiger partial charge on any atom is 0.303 e. The van der Waals surface area contributed by atoms with Crippen LogP contribution in [0.5, 0.6) is 0 Å². The van der Waals surface area contributed by atoms with E-state index >= 15 is 0 Å². The normalized spacial score (nSPS) is 11.5. The Labute approximate surface area is 112 Å². The second kappa shape index (κ2) is 5.97. The molecular weight excluding hydrogens is 268 g/mol. The van der Waals surface area contributed by atoms with Crippen LogP contribution in [0.15, 0.2) is 29.2 Å². The zero-order chi connectivity index (χ0) is 14.6. The minimum atomic E-state index is -3.35. The van der Waals surface area contributed by atoms with Crippen molar-refractivity contribution in [2.75, 3.05) is 0 Å². The highest BCUT2D eigenvalue weighted by atomic mass is 32.2. The van der Waals surface area contributed by atoms with Crippen molar-refractivity contribution in [1.82, 2.24) is 0 Å². The molecule has 1 aromatic rings. The monoisotopic (exact) mass is 284 g/mol. The molecule has 5 nitrogen and oxygen atoms in total. The van der Waals surface area contributed by atoms with E-state index in [9.17, 15) is 18.0 Å². The minimum absolute atomic E-state index is 0.0917. The van der Waals surface area contributed by atoms with Crippen LogP contribution in [0.25, 0.3) is 0 Å². The molecule has 0 saturated carbocycles. The number of carbonyl (C=O) groups is 2. The van der Waals surface area contributed by atoms with E-state index in [1.165, 1.54) is 24.3 Å². The molecule has 0 atom stereocenters. The molecule has 0 fully saturated rings. The van der Waals surface area contributed by atoms with E-state index in [0.29, 0.717) is 5.56 Å². The first-order valence-electron chi connectivity index (χ1n) is 5.84. The second-order valence-electron chi connectivity index (χ2n) is 4.44. The van der Waals surface area contributed by atoms with Crippen molar-refractivity contribution in [3.63, 3.8) is 0 Å². The van der Waals surface area contributed by atoms with Gasteiger partial charge in [0.1, 0.15) is 0 Å². The van der Waals surface area contributed by atoms with Crippen LogP contribution in [0.2, 0.25) is 0 Å². The van der Waals surface area contributed by atoms with Gasteiger partial charge in [-0.25, -0.2) is 8.42 Å². The van der Waals surface area contributed by atoms with E-state index in [2.05, 4.69) is 0 Å². The average Bonchev–Trinajstić information content (AvgIpc) is 2.35. The second-order valence-corrected chi connectivity index (χ2v) is 6.94. The summed E-state index contributed by atoms with van der Waals surface area (Å²) >= 11 is 0. The molecule has 0 spiro atoms. The zero-order valence-corrected chi connectivity index (χ0v) is 11.6. The van der Waals surface area contributed by atoms with Gasteiger partial charge in [-0.15, -0.1) is 0 Å². The van der Waals surface area contributed by atoms with Crippen LogP contribution in [0.1, 0.15) is 37.0 Å². The molecule has 0 heterocycles. The molecule has 0 aliphatic carbocycles. The molecule has 1 aromatic carbocycles. The molecule has 0 aliphatic heterocycles. The average molecular weight is 284 g/mol. The van der Waals surface area contributed by atoms with Crippen molar-refractivity contribution in [3.8, 4) is 0 Å². The summed E-state index contributed by atoms with van der Waals surface area (Å²) in [6.07, 6.45) is -0.323. The maximum absolute atomic E-state index is 11.9. The van der Waals surface area contributed by atoms with Crippen molar-refractivity contribution in [2.45, 2.75) is 36.8 Å². The molecule has 1 rings (SSSR count). The topological polar surface area (TPSA) is 88.5 Å². The number of hydrogen-bond donors (Lipinski definition) is 1. The lowest BCUT2D eigenvalue weighted by molar-refractivity contribution is -0.136. The number of sulfone groups is 1. The number of carboxylic acid groups (broad SMARTS) is 1. The highest BCUT2D eigenvalue weighted by Gasteiger charge is 2.19. The number of benzene rings is 1. The third kappa shape index (κ3) is 3.89. The van der Waals surface area contributed by atoms with Crippen LogP contribution in [0.4, 0.5) is 0 Å². The first kappa shape index (κ1) is 15.4. The zero-order valence-electron chi connectivity index (χ0n) is 10.8. The molecular formula is C13H16O5S. The van der Waals surface area contributed by atoms with Crippen LogP contribution >= 0.6 is 0 Å². The van der Waals surface area contributed by atoms with Gasteiger partial charge in [0.15, 0.2) is 15.6 Å². The number of hydrogen-bond acceptors (Lipinski definition) is 4. The van der Waals surface area contributed by atoms with Crippen molar-refractivity contribution >= 4 is 21.6 Å². The third-order valence-corrected chi connectivity index (χ3v) is 4.86. The summed E-state index contributed by atoms with van der Waals surface area (Å²) in [6.45, 7) is 3.17. The first-order valence-corrected chi connectivity index (χ1v) is 7.38. The summed E-state index contributed by atoms with van der Waals surface area (Å²) in [6, 6.07) is 5.59. The molecule has 104 valence electrons. The predicted octanol–water partition coefficient (Wildman–Crippen LogP) is 1.92. The van der Waals surface area contributed by atoms with Gasteiger partial charge in [0.2, 0.25) is 0 Å². The van der Waals surface area contributed by atoms with E-state index in [4.69, 9.17) is 5.11 Å². The van der Waals surface area contributed by atoms with Crippen LogP contribution in [-0.2, 0) is 14.6 Å². The molecule has 6 heteroatoms. The van der Waals surface area contributed by atoms with Crippen LogP contribution in [-0.4, -0.2) is 30.5 Å². The minimum Gasteiger partial charge on any atom is -0.481 e. The molecule has 1 N–H and O–H groups in total. The van der Waals surface area contributed by atoms with Crippen molar-refractivity contribution < 1.29 is 23.1 Å². The van der Waals surface area contributed by atoms with Gasteiger partial charge in [0, 0.05) is 12.0 Å². The highest BCUT2D eigenvalue weighted by molar-refractivity contribution is 7.92. The predicted molar refractivity (Wildman–Crippen MR) is 70.0 cm³/mol. The number of aliphatic carboxylic acids is 1. The molecule has 0 radical (unpaired) electrons. The van der Waals surface area contributed by atoms with Gasteiger partial charge in [0.25, 0.3) is 0 Å². The van der Waals surface area contributed by atoms with Crippen LogP contribution in [0, 0.1) is 0 Å². The van der Waals surface area contributed by atoms with E-state index in [-0.39, 0.29) is 23.5 Å². The van der Waals surface area contributed by atoms with Gasteiger partial charge in [-0.2, -0.15) is 0 Å². The van der Waals surface area contributed by atoms with Gasteiger partial charge in [0.05, 0.1) is 16.6 Å². The SMILES string of the molecule is CC(C)S(=O)(=O)c1ccc(C(=O)CCC(=O)O)cc1. The standard InChI is InChI=1S/C13H16O5S/c1-9(2)19(17,18)11-5-3-10(4-6-11)12(14)7-8-13(15)16/h3-6,9H,7-8H2,1-2H3,(H,15,16). The Bertz CT molecular complexity index is 570. The Balaban J connectivity index is 2.88. The summed E-state index contributed by atoms with van der Waals surface area (Å²) in [5, 5.41) is 7.96. The first-order chi connectivity index (χ1) is 8.75. The fourth-order valence-electron chi connectivity index (χ4n) is 1.47. The number of rotatable bonds is 6. The summed E-state index contributed by atoms with van der Waals surface area (Å²) in [7, 11) is -3.35. The lowest BCUT2D eigenvalue weighted by Crippen LogP contribution is -2.14. The summed E-state index contributed by atoms with van der Waals surface area (Å²) in [5.41, 5.74) is 0.323. The van der Waals surface area contributed by atoms with E-state index in [1.807, 2.05) is 0 Å². The molecule has 0 amide bonds. The summed E-state index contributed by atoms with van der Waals surface area (Å²) < 4.78 is 23.7. The lowest BCUT2D eigenvalue weighted by atomic mass is 10.1. The van der Waals surface area contributed by atoms with Crippen molar-refractivity contribution in [1.29, 1.82) is 0 Å². The molecule has 19 heavy (non-hydrogen) atoms. The molecule has 0 aromatic heterocycles. The Morgan fingerprint density at radius 1 is 1.11 bits per heavy atom. The van der Waals surface area contributed by atoms with E-state index in [0.717, 1.165) is 0 Å². The smallest absolute Gasteiger partial charge is 0.303 e. The Kier molecular flexibility index (Phi) is 4.83. The number of carboxylic acids is 1. The van der Waals surface area contributed by atoms with Gasteiger partial charge < -0.3 is 5.11 Å². The number of ketones is 1. The van der Waals surface area contributed by atoms with Gasteiger partial charge in [-0.05, 0) is 26.0 Å². The third-order valence-electron chi connectivity index (χ3n) is 2.69. The lowest BCUT2D eigenvalue weighted by Gasteiger charge is -2.08. The fourth-order valence-corrected chi connectivity index (χ4v) is 2.53. The summed E-state index contributed by atoms with van der Waals surface area (Å²) in [5.74, 6) is -1.34. The Hall–Kier alpha value is -1.69. The molecule has 0 saturated heterocycles. The quantitative estimate of drug-likeness (QED) is 0.806. The van der Waals surface area contributed by atoms with E-state index < -0.39 is 21.1 Å². The van der Waals surface area contributed by atoms with Gasteiger partial charge in [-0.1, -0.05) is 12.1 Å². The van der Waals surface area contributed by atoms with Gasteiger partial charge >= 0.3 is 5.97 Å². The number of Topliss-reactive ketones (excluding diaryl/α,β-unsaturated/α-hetero) is 1. The number of carbonyl (C=O) groups excluding carboxylic acids is 1. The molecule has 0 aliphatic rings. The van der Waals surface area contributed by atoms with Crippen molar-refractivity contribution in [2.24, 2.45) is 0 Å². The maximum atomic E-state index is 11.9. The molecule has 0 unspecified atom stereocenters. The Morgan fingerprint density at radius 2 is 1.63 bits per heavy atom. The van der Waals surface area contributed by atoms with Crippen LogP contribution in [0.3, 0.4) is 0 Å². The Morgan fingerprint density at radius 3 is 2.05 bits per heavy atom. The van der Waals surface area contributed by atoms with Crippen LogP contribution < -0.4 is 0 Å². The largest absolute Gasteiger partial charge is 0.481 e. The highest BCUT2D eigenvalue weighted by Crippen LogP contribution is 2.17. The molecule has 0 bridgehead atoms. The van der Waals surface area contributed by atoms with E-state index in [1.54, 1.807) is 13.8 Å². The van der Waals surface area contributed by atoms with Crippen molar-refractivity contribution in [3.05, 3.63) is 29.8 Å². The summed E-state index contributed by atoms with van der Waals surface area (Å²) in [4.78, 5) is 22.2. The van der Waals surface area contributed by atoms with Gasteiger partial charge in [-0.3, -0.25) is 9.59 Å².